The normalized spacial score (nSPS) is 18.7. The zero-order chi connectivity index (χ0) is 17.2. The lowest BCUT2D eigenvalue weighted by Crippen LogP contribution is -2.34. The van der Waals surface area contributed by atoms with Crippen molar-refractivity contribution >= 4 is 15.9 Å². The second kappa shape index (κ2) is 6.92. The smallest absolute Gasteiger partial charge is 0.219 e. The van der Waals surface area contributed by atoms with Crippen molar-refractivity contribution in [3.63, 3.8) is 0 Å². The number of benzene rings is 1. The maximum Gasteiger partial charge on any atom is 0.219 e. The van der Waals surface area contributed by atoms with E-state index in [1.165, 1.54) is 18.3 Å². The Morgan fingerprint density at radius 2 is 2.09 bits per heavy atom. The SMILES string of the molecule is CC(=O)N1CC[C@H](CN(C)S(=O)(=O)Cc2ccc(F)cc2F)C1. The summed E-state index contributed by atoms with van der Waals surface area (Å²) in [5, 5.41) is 0. The average molecular weight is 346 g/mol. The van der Waals surface area contributed by atoms with Gasteiger partial charge in [-0.05, 0) is 18.4 Å². The monoisotopic (exact) mass is 346 g/mol. The molecule has 1 aromatic carbocycles. The van der Waals surface area contributed by atoms with Crippen LogP contribution in [0.25, 0.3) is 0 Å². The molecular weight excluding hydrogens is 326 g/mol. The number of sulfonamides is 1. The number of nitrogens with zero attached hydrogens (tertiary/aromatic N) is 2. The highest BCUT2D eigenvalue weighted by Crippen LogP contribution is 2.20. The van der Waals surface area contributed by atoms with E-state index >= 15 is 0 Å². The number of hydrogen-bond donors (Lipinski definition) is 0. The molecule has 0 aromatic heterocycles. The van der Waals surface area contributed by atoms with Gasteiger partial charge in [-0.25, -0.2) is 21.5 Å². The molecule has 2 rings (SSSR count). The highest BCUT2D eigenvalue weighted by molar-refractivity contribution is 7.88. The van der Waals surface area contributed by atoms with E-state index in [0.717, 1.165) is 18.6 Å². The molecule has 8 heteroatoms. The topological polar surface area (TPSA) is 57.7 Å². The molecule has 1 aromatic rings. The van der Waals surface area contributed by atoms with Gasteiger partial charge >= 0.3 is 0 Å². The molecule has 1 amide bonds. The van der Waals surface area contributed by atoms with Crippen molar-refractivity contribution in [1.29, 1.82) is 0 Å². The van der Waals surface area contributed by atoms with Gasteiger partial charge in [-0.15, -0.1) is 0 Å². The van der Waals surface area contributed by atoms with Gasteiger partial charge in [-0.2, -0.15) is 0 Å². The van der Waals surface area contributed by atoms with Gasteiger partial charge in [0.15, 0.2) is 0 Å². The Balaban J connectivity index is 2.00. The molecule has 5 nitrogen and oxygen atoms in total. The number of amides is 1. The second-order valence-electron chi connectivity index (χ2n) is 5.89. The van der Waals surface area contributed by atoms with Gasteiger partial charge in [0, 0.05) is 45.2 Å². The lowest BCUT2D eigenvalue weighted by molar-refractivity contribution is -0.127. The lowest BCUT2D eigenvalue weighted by atomic mass is 10.1. The third kappa shape index (κ3) is 4.48. The second-order valence-corrected chi connectivity index (χ2v) is 7.97. The summed E-state index contributed by atoms with van der Waals surface area (Å²) in [6.07, 6.45) is 0.740. The minimum Gasteiger partial charge on any atom is -0.343 e. The Bertz CT molecular complexity index is 694. The summed E-state index contributed by atoms with van der Waals surface area (Å²) in [5.74, 6) is -2.08. The van der Waals surface area contributed by atoms with Crippen LogP contribution in [-0.4, -0.2) is 50.2 Å². The Labute approximate surface area is 134 Å². The van der Waals surface area contributed by atoms with Crippen LogP contribution in [0, 0.1) is 17.6 Å². The van der Waals surface area contributed by atoms with Gasteiger partial charge in [-0.1, -0.05) is 6.07 Å². The maximum absolute atomic E-state index is 13.6. The van der Waals surface area contributed by atoms with Gasteiger partial charge in [0.2, 0.25) is 15.9 Å². The molecular formula is C15H20F2N2O3S. The van der Waals surface area contributed by atoms with Crippen LogP contribution in [0.5, 0.6) is 0 Å². The fourth-order valence-electron chi connectivity index (χ4n) is 2.69. The highest BCUT2D eigenvalue weighted by atomic mass is 32.2. The van der Waals surface area contributed by atoms with E-state index in [-0.39, 0.29) is 23.9 Å². The molecule has 0 unspecified atom stereocenters. The van der Waals surface area contributed by atoms with Crippen LogP contribution in [0.4, 0.5) is 8.78 Å². The number of rotatable bonds is 5. The molecule has 0 saturated carbocycles. The lowest BCUT2D eigenvalue weighted by Gasteiger charge is -2.21. The van der Waals surface area contributed by atoms with E-state index in [1.54, 1.807) is 4.90 Å². The first-order chi connectivity index (χ1) is 10.7. The Hall–Kier alpha value is -1.54. The molecule has 0 spiro atoms. The van der Waals surface area contributed by atoms with Crippen LogP contribution < -0.4 is 0 Å². The summed E-state index contributed by atoms with van der Waals surface area (Å²) in [4.78, 5) is 13.0. The van der Waals surface area contributed by atoms with Gasteiger partial charge < -0.3 is 4.90 Å². The summed E-state index contributed by atoms with van der Waals surface area (Å²) in [5.41, 5.74) is -0.0602. The van der Waals surface area contributed by atoms with E-state index in [9.17, 15) is 22.0 Å². The third-order valence-corrected chi connectivity index (χ3v) is 5.85. The van der Waals surface area contributed by atoms with Gasteiger partial charge in [0.1, 0.15) is 11.6 Å². The number of carbonyl (C=O) groups excluding carboxylic acids is 1. The van der Waals surface area contributed by atoms with Gasteiger partial charge in [-0.3, -0.25) is 4.79 Å². The standard InChI is InChI=1S/C15H20F2N2O3S/c1-11(20)19-6-5-12(9-19)8-18(2)23(21,22)10-13-3-4-14(16)7-15(13)17/h3-4,7,12H,5-6,8-10H2,1-2H3/t12-/m1/s1. The molecule has 1 aliphatic heterocycles. The maximum atomic E-state index is 13.6. The molecule has 1 fully saturated rings. The predicted octanol–water partition coefficient (Wildman–Crippen LogP) is 1.59. The van der Waals surface area contributed by atoms with Crippen molar-refractivity contribution in [1.82, 2.24) is 9.21 Å². The van der Waals surface area contributed by atoms with Crippen LogP contribution in [0.3, 0.4) is 0 Å². The van der Waals surface area contributed by atoms with Crippen molar-refractivity contribution in [3.05, 3.63) is 35.4 Å². The molecule has 23 heavy (non-hydrogen) atoms. The molecule has 0 N–H and O–H groups in total. The quantitative estimate of drug-likeness (QED) is 0.814. The summed E-state index contributed by atoms with van der Waals surface area (Å²) in [6, 6.07) is 2.85. The fourth-order valence-corrected chi connectivity index (χ4v) is 3.98. The van der Waals surface area contributed by atoms with E-state index < -0.39 is 27.4 Å². The van der Waals surface area contributed by atoms with Crippen molar-refractivity contribution < 1.29 is 22.0 Å². The van der Waals surface area contributed by atoms with Crippen molar-refractivity contribution in [3.8, 4) is 0 Å². The molecule has 0 bridgehead atoms. The predicted molar refractivity (Wildman–Crippen MR) is 82.0 cm³/mol. The zero-order valence-electron chi connectivity index (χ0n) is 13.1. The minimum absolute atomic E-state index is 0.0219. The summed E-state index contributed by atoms with van der Waals surface area (Å²) >= 11 is 0. The molecule has 128 valence electrons. The van der Waals surface area contributed by atoms with Gasteiger partial charge in [0.05, 0.1) is 5.75 Å². The van der Waals surface area contributed by atoms with Crippen molar-refractivity contribution in [2.24, 2.45) is 5.92 Å². The largest absolute Gasteiger partial charge is 0.343 e. The van der Waals surface area contributed by atoms with Crippen LogP contribution in [-0.2, 0) is 20.6 Å². The summed E-state index contributed by atoms with van der Waals surface area (Å²) in [7, 11) is -2.27. The molecule has 1 aliphatic rings. The molecule has 1 atom stereocenters. The number of carbonyl (C=O) groups is 1. The number of likely N-dealkylation sites (tertiary alicyclic amines) is 1. The third-order valence-electron chi connectivity index (χ3n) is 4.07. The Kier molecular flexibility index (Phi) is 5.36. The molecule has 0 aliphatic carbocycles. The average Bonchev–Trinajstić information content (AvgIpc) is 2.90. The van der Waals surface area contributed by atoms with E-state index in [4.69, 9.17) is 0 Å². The van der Waals surface area contributed by atoms with Crippen LogP contribution >= 0.6 is 0 Å². The van der Waals surface area contributed by atoms with Crippen molar-refractivity contribution in [2.75, 3.05) is 26.7 Å². The Morgan fingerprint density at radius 1 is 1.39 bits per heavy atom. The Morgan fingerprint density at radius 3 is 2.65 bits per heavy atom. The van der Waals surface area contributed by atoms with E-state index in [1.807, 2.05) is 0 Å². The number of halogens is 2. The molecule has 1 heterocycles. The minimum atomic E-state index is -3.71. The molecule has 1 saturated heterocycles. The first-order valence-corrected chi connectivity index (χ1v) is 8.93. The summed E-state index contributed by atoms with van der Waals surface area (Å²) < 4.78 is 52.3. The summed E-state index contributed by atoms with van der Waals surface area (Å²) in [6.45, 7) is 2.91. The van der Waals surface area contributed by atoms with Gasteiger partial charge in [0.25, 0.3) is 0 Å². The highest BCUT2D eigenvalue weighted by Gasteiger charge is 2.29. The number of hydrogen-bond acceptors (Lipinski definition) is 3. The van der Waals surface area contributed by atoms with Crippen LogP contribution in [0.1, 0.15) is 18.9 Å². The van der Waals surface area contributed by atoms with Crippen LogP contribution in [0.15, 0.2) is 18.2 Å². The van der Waals surface area contributed by atoms with Crippen molar-refractivity contribution in [2.45, 2.75) is 19.1 Å². The van der Waals surface area contributed by atoms with E-state index in [2.05, 4.69) is 0 Å². The zero-order valence-corrected chi connectivity index (χ0v) is 13.9. The van der Waals surface area contributed by atoms with E-state index in [0.29, 0.717) is 19.2 Å². The molecule has 0 radical (unpaired) electrons. The van der Waals surface area contributed by atoms with Crippen LogP contribution in [0.2, 0.25) is 0 Å². The fraction of sp³-hybridized carbons (Fsp3) is 0.533. The first kappa shape index (κ1) is 17.8. The first-order valence-electron chi connectivity index (χ1n) is 7.32.